The maximum Gasteiger partial charge on any atom is 0.391 e. The van der Waals surface area contributed by atoms with Crippen molar-refractivity contribution >= 4 is 9.84 Å². The van der Waals surface area contributed by atoms with Crippen LogP contribution >= 0.6 is 0 Å². The lowest BCUT2D eigenvalue weighted by Crippen LogP contribution is -2.43. The lowest BCUT2D eigenvalue weighted by Gasteiger charge is -2.38. The van der Waals surface area contributed by atoms with Crippen LogP contribution in [-0.4, -0.2) is 37.8 Å². The predicted octanol–water partition coefficient (Wildman–Crippen LogP) is 6.46. The Bertz CT molecular complexity index is 628. The van der Waals surface area contributed by atoms with Crippen LogP contribution in [0.4, 0.5) is 13.2 Å². The fourth-order valence-electron chi connectivity index (χ4n) is 6.12. The van der Waals surface area contributed by atoms with Gasteiger partial charge in [0.25, 0.3) is 0 Å². The SMILES string of the molecule is CCC(C1CCCC(OCC2CCCCC2)C1)S(=O)(=O)C1CCCC(C(F)(F)F)C1. The summed E-state index contributed by atoms with van der Waals surface area (Å²) in [6.07, 6.45) is 6.64. The van der Waals surface area contributed by atoms with Crippen molar-refractivity contribution in [2.75, 3.05) is 6.61 Å². The minimum absolute atomic E-state index is 0.0105. The van der Waals surface area contributed by atoms with Crippen LogP contribution in [0.5, 0.6) is 0 Å². The lowest BCUT2D eigenvalue weighted by atomic mass is 9.84. The molecule has 3 aliphatic carbocycles. The molecular weight excluding hydrogens is 413 g/mol. The number of hydrogen-bond donors (Lipinski definition) is 0. The fraction of sp³-hybridized carbons (Fsp3) is 1.00. The number of hydrogen-bond acceptors (Lipinski definition) is 3. The Balaban J connectivity index is 1.60. The highest BCUT2D eigenvalue weighted by Crippen LogP contribution is 2.42. The van der Waals surface area contributed by atoms with Crippen molar-refractivity contribution in [2.24, 2.45) is 17.8 Å². The zero-order valence-electron chi connectivity index (χ0n) is 18.3. The Morgan fingerprint density at radius 1 is 0.900 bits per heavy atom. The zero-order chi connectivity index (χ0) is 21.8. The second kappa shape index (κ2) is 10.5. The van der Waals surface area contributed by atoms with Gasteiger partial charge in [-0.25, -0.2) is 8.42 Å². The maximum absolute atomic E-state index is 13.4. The van der Waals surface area contributed by atoms with E-state index in [0.29, 0.717) is 25.2 Å². The van der Waals surface area contributed by atoms with Gasteiger partial charge in [0.15, 0.2) is 9.84 Å². The molecule has 30 heavy (non-hydrogen) atoms. The van der Waals surface area contributed by atoms with Gasteiger partial charge in [0.2, 0.25) is 0 Å². The van der Waals surface area contributed by atoms with E-state index < -0.39 is 32.4 Å². The van der Waals surface area contributed by atoms with Crippen LogP contribution < -0.4 is 0 Å². The third kappa shape index (κ3) is 6.14. The van der Waals surface area contributed by atoms with Gasteiger partial charge in [-0.3, -0.25) is 0 Å². The Morgan fingerprint density at radius 3 is 2.27 bits per heavy atom. The van der Waals surface area contributed by atoms with Gasteiger partial charge >= 0.3 is 6.18 Å². The van der Waals surface area contributed by atoms with E-state index in [9.17, 15) is 21.6 Å². The molecule has 0 radical (unpaired) electrons. The second-order valence-corrected chi connectivity index (χ2v) is 12.4. The average Bonchev–Trinajstić information content (AvgIpc) is 2.73. The van der Waals surface area contributed by atoms with Crippen molar-refractivity contribution in [1.82, 2.24) is 0 Å². The van der Waals surface area contributed by atoms with E-state index in [1.807, 2.05) is 6.92 Å². The van der Waals surface area contributed by atoms with Crippen molar-refractivity contribution in [3.63, 3.8) is 0 Å². The van der Waals surface area contributed by atoms with E-state index in [-0.39, 0.29) is 24.9 Å². The quantitative estimate of drug-likeness (QED) is 0.445. The van der Waals surface area contributed by atoms with Crippen LogP contribution in [-0.2, 0) is 14.6 Å². The normalized spacial score (nSPS) is 33.3. The van der Waals surface area contributed by atoms with E-state index in [1.165, 1.54) is 32.1 Å². The van der Waals surface area contributed by atoms with Gasteiger partial charge in [-0.15, -0.1) is 0 Å². The number of alkyl halides is 3. The molecule has 176 valence electrons. The predicted molar refractivity (Wildman–Crippen MR) is 113 cm³/mol. The van der Waals surface area contributed by atoms with Gasteiger partial charge in [0.05, 0.1) is 22.5 Å². The third-order valence-electron chi connectivity index (χ3n) is 7.86. The molecule has 0 spiro atoms. The number of rotatable bonds is 7. The van der Waals surface area contributed by atoms with Crippen LogP contribution in [0.2, 0.25) is 0 Å². The van der Waals surface area contributed by atoms with E-state index in [4.69, 9.17) is 4.74 Å². The van der Waals surface area contributed by atoms with Crippen LogP contribution in [0.25, 0.3) is 0 Å². The van der Waals surface area contributed by atoms with E-state index in [2.05, 4.69) is 0 Å². The van der Waals surface area contributed by atoms with Crippen molar-refractivity contribution in [3.8, 4) is 0 Å². The highest BCUT2D eigenvalue weighted by molar-refractivity contribution is 7.92. The van der Waals surface area contributed by atoms with Gasteiger partial charge in [0, 0.05) is 6.61 Å². The molecule has 3 nitrogen and oxygen atoms in total. The average molecular weight is 453 g/mol. The molecule has 0 heterocycles. The summed E-state index contributed by atoms with van der Waals surface area (Å²) in [6, 6.07) is 0. The maximum atomic E-state index is 13.4. The molecule has 3 fully saturated rings. The van der Waals surface area contributed by atoms with Crippen molar-refractivity contribution in [1.29, 1.82) is 0 Å². The van der Waals surface area contributed by atoms with Gasteiger partial charge < -0.3 is 4.74 Å². The van der Waals surface area contributed by atoms with Crippen LogP contribution in [0.3, 0.4) is 0 Å². The summed E-state index contributed by atoms with van der Waals surface area (Å²) in [5, 5.41) is -1.37. The highest BCUT2D eigenvalue weighted by atomic mass is 32.2. The minimum atomic E-state index is -4.29. The fourth-order valence-corrected chi connectivity index (χ4v) is 8.86. The van der Waals surface area contributed by atoms with Gasteiger partial charge in [0.1, 0.15) is 0 Å². The van der Waals surface area contributed by atoms with E-state index in [1.54, 1.807) is 0 Å². The van der Waals surface area contributed by atoms with E-state index in [0.717, 1.165) is 32.3 Å². The molecular formula is C23H39F3O3S. The molecule has 0 bridgehead atoms. The molecule has 0 amide bonds. The molecule has 0 aromatic carbocycles. The molecule has 5 atom stereocenters. The summed E-state index contributed by atoms with van der Waals surface area (Å²) in [5.41, 5.74) is 0. The Hall–Kier alpha value is -0.300. The minimum Gasteiger partial charge on any atom is -0.378 e. The molecule has 0 aliphatic heterocycles. The van der Waals surface area contributed by atoms with Crippen molar-refractivity contribution in [2.45, 2.75) is 120 Å². The molecule has 0 N–H and O–H groups in total. The van der Waals surface area contributed by atoms with Gasteiger partial charge in [-0.1, -0.05) is 39.0 Å². The first-order chi connectivity index (χ1) is 14.2. The molecule has 3 rings (SSSR count). The first-order valence-corrected chi connectivity index (χ1v) is 13.7. The van der Waals surface area contributed by atoms with Crippen LogP contribution in [0.15, 0.2) is 0 Å². The monoisotopic (exact) mass is 452 g/mol. The summed E-state index contributed by atoms with van der Waals surface area (Å²) in [4.78, 5) is 0. The molecule has 0 aromatic heterocycles. The highest BCUT2D eigenvalue weighted by Gasteiger charge is 2.47. The summed E-state index contributed by atoms with van der Waals surface area (Å²) in [6.45, 7) is 2.65. The van der Waals surface area contributed by atoms with Gasteiger partial charge in [-0.05, 0) is 69.6 Å². The van der Waals surface area contributed by atoms with E-state index >= 15 is 0 Å². The smallest absolute Gasteiger partial charge is 0.378 e. The second-order valence-electron chi connectivity index (χ2n) is 9.95. The molecule has 7 heteroatoms. The Morgan fingerprint density at radius 2 is 1.60 bits per heavy atom. The third-order valence-corrected chi connectivity index (χ3v) is 10.8. The summed E-state index contributed by atoms with van der Waals surface area (Å²) < 4.78 is 72.7. The molecule has 3 saturated carbocycles. The number of sulfone groups is 1. The Labute approximate surface area is 180 Å². The summed E-state index contributed by atoms with van der Waals surface area (Å²) in [5.74, 6) is -0.829. The van der Waals surface area contributed by atoms with Crippen LogP contribution in [0.1, 0.15) is 96.8 Å². The van der Waals surface area contributed by atoms with Crippen LogP contribution in [0, 0.1) is 17.8 Å². The summed E-state index contributed by atoms with van der Waals surface area (Å²) in [7, 11) is -3.58. The standard InChI is InChI=1S/C23H39F3O3S/c1-2-22(30(27,28)21-13-7-11-19(15-21)23(24,25)26)18-10-6-12-20(14-18)29-16-17-8-4-3-5-9-17/h17-22H,2-16H2,1H3. The number of halogens is 3. The zero-order valence-corrected chi connectivity index (χ0v) is 19.2. The first kappa shape index (κ1) is 24.3. The first-order valence-electron chi connectivity index (χ1n) is 12.1. The van der Waals surface area contributed by atoms with Crippen molar-refractivity contribution in [3.05, 3.63) is 0 Å². The topological polar surface area (TPSA) is 43.4 Å². The Kier molecular flexibility index (Phi) is 8.56. The number of ether oxygens (including phenoxy) is 1. The van der Waals surface area contributed by atoms with Gasteiger partial charge in [-0.2, -0.15) is 13.2 Å². The lowest BCUT2D eigenvalue weighted by molar-refractivity contribution is -0.181. The molecule has 0 aromatic rings. The van der Waals surface area contributed by atoms with Crippen molar-refractivity contribution < 1.29 is 26.3 Å². The molecule has 5 unspecified atom stereocenters. The largest absolute Gasteiger partial charge is 0.391 e. The molecule has 0 saturated heterocycles. The summed E-state index contributed by atoms with van der Waals surface area (Å²) >= 11 is 0. The molecule has 3 aliphatic rings.